The molecule has 0 amide bonds. The zero-order valence-corrected chi connectivity index (χ0v) is 13.4. The number of hydrazone groups is 1. The molecule has 1 aliphatic heterocycles. The maximum Gasteiger partial charge on any atom is 0.327 e. The molecule has 6 heteroatoms. The Hall–Kier alpha value is -2.76. The lowest BCUT2D eigenvalue weighted by molar-refractivity contribution is -0.142. The monoisotopic (exact) mass is 327 g/mol. The van der Waals surface area contributed by atoms with E-state index in [2.05, 4.69) is 10.1 Å². The van der Waals surface area contributed by atoms with Gasteiger partial charge in [0.2, 0.25) is 0 Å². The van der Waals surface area contributed by atoms with Crippen molar-refractivity contribution in [2.24, 2.45) is 5.10 Å². The molecule has 1 aliphatic rings. The first kappa shape index (κ1) is 16.1. The van der Waals surface area contributed by atoms with Crippen molar-refractivity contribution in [2.75, 3.05) is 13.7 Å². The van der Waals surface area contributed by atoms with Gasteiger partial charge in [-0.1, -0.05) is 12.1 Å². The van der Waals surface area contributed by atoms with E-state index in [0.29, 0.717) is 12.8 Å². The highest BCUT2D eigenvalue weighted by Gasteiger charge is 2.29. The number of carbonyl (C=O) groups excluding carboxylic acids is 1. The lowest BCUT2D eigenvalue weighted by atomic mass is 9.99. The van der Waals surface area contributed by atoms with Gasteiger partial charge in [-0.25, -0.2) is 4.39 Å². The molecule has 2 heterocycles. The molecular weight excluding hydrogens is 309 g/mol. The third-order valence-electron chi connectivity index (χ3n) is 4.02. The maximum atomic E-state index is 13.1. The van der Waals surface area contributed by atoms with Crippen LogP contribution in [0, 0.1) is 5.82 Å². The number of benzene rings is 1. The second-order valence-electron chi connectivity index (χ2n) is 5.64. The summed E-state index contributed by atoms with van der Waals surface area (Å²) in [6.45, 7) is 0.0942. The topological polar surface area (TPSA) is 54.8 Å². The SMILES string of the molecule is COC(=O)CN1N=C(c2ccncc2)CC1Cc1ccc(F)cc1. The van der Waals surface area contributed by atoms with E-state index in [9.17, 15) is 9.18 Å². The quantitative estimate of drug-likeness (QED) is 0.792. The van der Waals surface area contributed by atoms with Gasteiger partial charge in [0.25, 0.3) is 0 Å². The summed E-state index contributed by atoms with van der Waals surface area (Å²) in [5.41, 5.74) is 2.90. The molecule has 0 aliphatic carbocycles. The van der Waals surface area contributed by atoms with Gasteiger partial charge >= 0.3 is 5.97 Å². The minimum absolute atomic E-state index is 0.0257. The zero-order valence-electron chi connectivity index (χ0n) is 13.4. The highest BCUT2D eigenvalue weighted by molar-refractivity contribution is 6.01. The number of ether oxygens (including phenoxy) is 1. The molecule has 0 saturated carbocycles. The van der Waals surface area contributed by atoms with Crippen LogP contribution in [0.5, 0.6) is 0 Å². The molecule has 1 atom stereocenters. The normalized spacial score (nSPS) is 16.8. The average molecular weight is 327 g/mol. The van der Waals surface area contributed by atoms with Crippen LogP contribution < -0.4 is 0 Å². The summed E-state index contributed by atoms with van der Waals surface area (Å²) in [5, 5.41) is 6.34. The standard InChI is InChI=1S/C18H18FN3O2/c1-24-18(23)12-22-16(10-13-2-4-15(19)5-3-13)11-17(21-22)14-6-8-20-9-7-14/h2-9,16H,10-12H2,1H3. The van der Waals surface area contributed by atoms with Gasteiger partial charge in [0, 0.05) is 24.4 Å². The van der Waals surface area contributed by atoms with Crippen LogP contribution in [0.1, 0.15) is 17.5 Å². The van der Waals surface area contributed by atoms with Crippen LogP contribution in [0.15, 0.2) is 53.9 Å². The summed E-state index contributed by atoms with van der Waals surface area (Å²) >= 11 is 0. The smallest absolute Gasteiger partial charge is 0.327 e. The lowest BCUT2D eigenvalue weighted by Crippen LogP contribution is -2.33. The Morgan fingerprint density at radius 2 is 1.96 bits per heavy atom. The molecule has 0 N–H and O–H groups in total. The van der Waals surface area contributed by atoms with Crippen molar-refractivity contribution >= 4 is 11.7 Å². The fourth-order valence-corrected chi connectivity index (χ4v) is 2.76. The molecule has 24 heavy (non-hydrogen) atoms. The largest absolute Gasteiger partial charge is 0.468 e. The number of hydrogen-bond donors (Lipinski definition) is 0. The average Bonchev–Trinajstić information content (AvgIpc) is 3.00. The minimum atomic E-state index is -0.334. The second kappa shape index (κ2) is 7.21. The molecule has 5 nitrogen and oxygen atoms in total. The van der Waals surface area contributed by atoms with E-state index in [1.165, 1.54) is 19.2 Å². The molecule has 2 aromatic rings. The fraction of sp³-hybridized carbons (Fsp3) is 0.278. The van der Waals surface area contributed by atoms with Crippen LogP contribution in [0.3, 0.4) is 0 Å². The Morgan fingerprint density at radius 3 is 2.62 bits per heavy atom. The minimum Gasteiger partial charge on any atom is -0.468 e. The first-order valence-corrected chi connectivity index (χ1v) is 7.71. The Balaban J connectivity index is 1.79. The van der Waals surface area contributed by atoms with E-state index in [-0.39, 0.29) is 24.4 Å². The maximum absolute atomic E-state index is 13.1. The molecule has 0 fully saturated rings. The van der Waals surface area contributed by atoms with Crippen molar-refractivity contribution in [3.8, 4) is 0 Å². The summed E-state index contributed by atoms with van der Waals surface area (Å²) in [4.78, 5) is 15.7. The number of halogens is 1. The molecule has 1 unspecified atom stereocenters. The van der Waals surface area contributed by atoms with Gasteiger partial charge in [0.15, 0.2) is 0 Å². The first-order chi connectivity index (χ1) is 11.7. The van der Waals surface area contributed by atoms with E-state index in [4.69, 9.17) is 4.74 Å². The Bertz CT molecular complexity index is 732. The number of rotatable bonds is 5. The number of nitrogens with zero attached hydrogens (tertiary/aromatic N) is 3. The van der Waals surface area contributed by atoms with Crippen LogP contribution in [0.25, 0.3) is 0 Å². The Labute approximate surface area is 139 Å². The molecule has 124 valence electrons. The van der Waals surface area contributed by atoms with Crippen molar-refractivity contribution in [1.29, 1.82) is 0 Å². The molecule has 0 radical (unpaired) electrons. The van der Waals surface area contributed by atoms with Gasteiger partial charge in [0.05, 0.1) is 18.9 Å². The first-order valence-electron chi connectivity index (χ1n) is 7.71. The van der Waals surface area contributed by atoms with Crippen LogP contribution in [-0.4, -0.2) is 41.4 Å². The molecule has 0 spiro atoms. The molecular formula is C18H18FN3O2. The Kier molecular flexibility index (Phi) is 4.84. The predicted octanol–water partition coefficient (Wildman–Crippen LogP) is 2.41. The Morgan fingerprint density at radius 1 is 1.25 bits per heavy atom. The summed E-state index contributed by atoms with van der Waals surface area (Å²) in [5.74, 6) is -0.593. The van der Waals surface area contributed by atoms with Gasteiger partial charge in [-0.3, -0.25) is 14.8 Å². The third kappa shape index (κ3) is 3.76. The van der Waals surface area contributed by atoms with Gasteiger partial charge < -0.3 is 4.74 Å². The fourth-order valence-electron chi connectivity index (χ4n) is 2.76. The van der Waals surface area contributed by atoms with Crippen LogP contribution in [0.4, 0.5) is 4.39 Å². The van der Waals surface area contributed by atoms with E-state index in [1.54, 1.807) is 29.5 Å². The van der Waals surface area contributed by atoms with Gasteiger partial charge in [0.1, 0.15) is 12.4 Å². The van der Waals surface area contributed by atoms with E-state index in [0.717, 1.165) is 16.8 Å². The van der Waals surface area contributed by atoms with E-state index in [1.807, 2.05) is 12.1 Å². The lowest BCUT2D eigenvalue weighted by Gasteiger charge is -2.22. The number of aromatic nitrogens is 1. The van der Waals surface area contributed by atoms with E-state index < -0.39 is 0 Å². The van der Waals surface area contributed by atoms with Crippen molar-refractivity contribution < 1.29 is 13.9 Å². The predicted molar refractivity (Wildman–Crippen MR) is 88.0 cm³/mol. The van der Waals surface area contributed by atoms with Crippen LogP contribution >= 0.6 is 0 Å². The summed E-state index contributed by atoms with van der Waals surface area (Å²) in [6, 6.07) is 10.2. The second-order valence-corrected chi connectivity index (χ2v) is 5.64. The van der Waals surface area contributed by atoms with Crippen molar-refractivity contribution in [3.63, 3.8) is 0 Å². The third-order valence-corrected chi connectivity index (χ3v) is 4.02. The van der Waals surface area contributed by atoms with Crippen LogP contribution in [-0.2, 0) is 16.0 Å². The van der Waals surface area contributed by atoms with Gasteiger partial charge in [-0.2, -0.15) is 5.10 Å². The van der Waals surface area contributed by atoms with Crippen molar-refractivity contribution in [1.82, 2.24) is 9.99 Å². The van der Waals surface area contributed by atoms with Crippen molar-refractivity contribution in [2.45, 2.75) is 18.9 Å². The summed E-state index contributed by atoms with van der Waals surface area (Å²) < 4.78 is 17.8. The van der Waals surface area contributed by atoms with Crippen LogP contribution in [0.2, 0.25) is 0 Å². The summed E-state index contributed by atoms with van der Waals surface area (Å²) in [7, 11) is 1.36. The molecule has 0 saturated heterocycles. The highest BCUT2D eigenvalue weighted by Crippen LogP contribution is 2.23. The molecule has 1 aromatic carbocycles. The summed E-state index contributed by atoms with van der Waals surface area (Å²) in [6.07, 6.45) is 4.82. The zero-order chi connectivity index (χ0) is 16.9. The van der Waals surface area contributed by atoms with Gasteiger partial charge in [-0.15, -0.1) is 0 Å². The molecule has 0 bridgehead atoms. The molecule has 1 aromatic heterocycles. The molecule has 3 rings (SSSR count). The number of pyridine rings is 1. The number of methoxy groups -OCH3 is 1. The number of hydrogen-bond acceptors (Lipinski definition) is 5. The highest BCUT2D eigenvalue weighted by atomic mass is 19.1. The van der Waals surface area contributed by atoms with Gasteiger partial charge in [-0.05, 0) is 36.2 Å². The number of carbonyl (C=O) groups is 1. The van der Waals surface area contributed by atoms with E-state index >= 15 is 0 Å². The number of esters is 1. The van der Waals surface area contributed by atoms with Crippen molar-refractivity contribution in [3.05, 3.63) is 65.7 Å².